The Bertz CT molecular complexity index is 797. The topological polar surface area (TPSA) is 112 Å². The Morgan fingerprint density at radius 2 is 2.04 bits per heavy atom. The molecule has 1 saturated heterocycles. The number of nitrogens with zero attached hydrogens (tertiary/aromatic N) is 5. The number of nitrogens with one attached hydrogen (secondary N) is 2. The number of hydrogen-bond donors (Lipinski definition) is 3. The number of amides is 1. The van der Waals surface area contributed by atoms with Gasteiger partial charge in [-0.1, -0.05) is 0 Å². The Morgan fingerprint density at radius 1 is 1.33 bits per heavy atom. The van der Waals surface area contributed by atoms with Crippen molar-refractivity contribution in [1.29, 1.82) is 0 Å². The zero-order chi connectivity index (χ0) is 19.7. The SMILES string of the molecule is Cn1ccnc1C(O)(CC(=O)Nc1nc(N2CCCCC2)n[nH]1)C(F)(F)F. The van der Waals surface area contributed by atoms with E-state index < -0.39 is 29.9 Å². The van der Waals surface area contributed by atoms with E-state index in [1.165, 1.54) is 13.2 Å². The Balaban J connectivity index is 1.72. The highest BCUT2D eigenvalue weighted by molar-refractivity contribution is 5.89. The van der Waals surface area contributed by atoms with Crippen molar-refractivity contribution in [3.63, 3.8) is 0 Å². The maximum atomic E-state index is 13.5. The summed E-state index contributed by atoms with van der Waals surface area (Å²) in [6.45, 7) is 1.55. The summed E-state index contributed by atoms with van der Waals surface area (Å²) in [7, 11) is 1.30. The van der Waals surface area contributed by atoms with Crippen LogP contribution >= 0.6 is 0 Å². The molecule has 2 aromatic rings. The fourth-order valence-corrected chi connectivity index (χ4v) is 3.02. The van der Waals surface area contributed by atoms with Crippen LogP contribution in [0, 0.1) is 0 Å². The van der Waals surface area contributed by atoms with Crippen LogP contribution in [0.2, 0.25) is 0 Å². The largest absolute Gasteiger partial charge is 0.425 e. The number of aliphatic hydroxyl groups is 1. The van der Waals surface area contributed by atoms with Crippen LogP contribution < -0.4 is 10.2 Å². The van der Waals surface area contributed by atoms with Crippen molar-refractivity contribution in [2.75, 3.05) is 23.3 Å². The van der Waals surface area contributed by atoms with Gasteiger partial charge in [-0.05, 0) is 19.3 Å². The van der Waals surface area contributed by atoms with E-state index in [9.17, 15) is 23.1 Å². The highest BCUT2D eigenvalue weighted by atomic mass is 19.4. The quantitative estimate of drug-likeness (QED) is 0.713. The molecule has 0 aromatic carbocycles. The summed E-state index contributed by atoms with van der Waals surface area (Å²) in [6, 6.07) is 0. The summed E-state index contributed by atoms with van der Waals surface area (Å²) in [4.78, 5) is 21.7. The third kappa shape index (κ3) is 3.89. The average Bonchev–Trinajstić information content (AvgIpc) is 3.23. The first-order chi connectivity index (χ1) is 12.7. The predicted molar refractivity (Wildman–Crippen MR) is 88.9 cm³/mol. The molecule has 0 bridgehead atoms. The van der Waals surface area contributed by atoms with Gasteiger partial charge in [0, 0.05) is 32.5 Å². The second kappa shape index (κ2) is 7.18. The lowest BCUT2D eigenvalue weighted by Crippen LogP contribution is -2.46. The van der Waals surface area contributed by atoms with Gasteiger partial charge in [0.1, 0.15) is 0 Å². The number of aromatic amines is 1. The summed E-state index contributed by atoms with van der Waals surface area (Å²) >= 11 is 0. The van der Waals surface area contributed by atoms with E-state index >= 15 is 0 Å². The predicted octanol–water partition coefficient (Wildman–Crippen LogP) is 1.31. The lowest BCUT2D eigenvalue weighted by Gasteiger charge is -2.29. The van der Waals surface area contributed by atoms with Gasteiger partial charge in [0.05, 0.1) is 6.42 Å². The second-order valence-corrected chi connectivity index (χ2v) is 6.48. The summed E-state index contributed by atoms with van der Waals surface area (Å²) in [6.07, 6.45) is -0.869. The minimum Gasteiger partial charge on any atom is -0.374 e. The molecule has 0 spiro atoms. The minimum absolute atomic E-state index is 0.0788. The second-order valence-electron chi connectivity index (χ2n) is 6.48. The number of carbonyl (C=O) groups is 1. The van der Waals surface area contributed by atoms with E-state index in [4.69, 9.17) is 0 Å². The van der Waals surface area contributed by atoms with E-state index in [0.717, 1.165) is 43.1 Å². The third-order valence-corrected chi connectivity index (χ3v) is 4.45. The number of H-pyrrole nitrogens is 1. The van der Waals surface area contributed by atoms with Gasteiger partial charge in [-0.3, -0.25) is 10.1 Å². The van der Waals surface area contributed by atoms with Gasteiger partial charge >= 0.3 is 6.18 Å². The molecule has 27 heavy (non-hydrogen) atoms. The number of halogens is 3. The smallest absolute Gasteiger partial charge is 0.374 e. The van der Waals surface area contributed by atoms with Crippen molar-refractivity contribution in [2.24, 2.45) is 7.05 Å². The summed E-state index contributed by atoms with van der Waals surface area (Å²) in [5, 5.41) is 18.9. The van der Waals surface area contributed by atoms with Crippen molar-refractivity contribution >= 4 is 17.8 Å². The molecule has 148 valence electrons. The van der Waals surface area contributed by atoms with E-state index in [2.05, 4.69) is 25.5 Å². The first kappa shape index (κ1) is 19.1. The van der Waals surface area contributed by atoms with Crippen LogP contribution in [0.1, 0.15) is 31.5 Å². The zero-order valence-corrected chi connectivity index (χ0v) is 14.6. The Morgan fingerprint density at radius 3 is 2.63 bits per heavy atom. The first-order valence-corrected chi connectivity index (χ1v) is 8.45. The van der Waals surface area contributed by atoms with Crippen LogP contribution in [0.15, 0.2) is 12.4 Å². The molecule has 3 heterocycles. The normalized spacial score (nSPS) is 17.6. The van der Waals surface area contributed by atoms with Gasteiger partial charge < -0.3 is 14.6 Å². The molecule has 1 fully saturated rings. The molecule has 2 aromatic heterocycles. The van der Waals surface area contributed by atoms with Crippen LogP contribution in [0.4, 0.5) is 25.1 Å². The number of hydrogen-bond acceptors (Lipinski definition) is 6. The molecule has 1 atom stereocenters. The number of piperidine rings is 1. The maximum absolute atomic E-state index is 13.5. The molecule has 0 aliphatic carbocycles. The number of aryl methyl sites for hydroxylation is 1. The van der Waals surface area contributed by atoms with Crippen LogP contribution in [0.3, 0.4) is 0 Å². The molecule has 0 saturated carbocycles. The lowest BCUT2D eigenvalue weighted by molar-refractivity contribution is -0.270. The fourth-order valence-electron chi connectivity index (χ4n) is 3.02. The molecular formula is C15H20F3N7O2. The number of imidazole rings is 1. The molecule has 0 radical (unpaired) electrons. The van der Waals surface area contributed by atoms with Gasteiger partial charge in [0.2, 0.25) is 23.4 Å². The molecule has 1 amide bonds. The number of alkyl halides is 3. The highest BCUT2D eigenvalue weighted by Gasteiger charge is 2.58. The van der Waals surface area contributed by atoms with Crippen molar-refractivity contribution in [3.8, 4) is 0 Å². The van der Waals surface area contributed by atoms with Gasteiger partial charge in [-0.15, -0.1) is 5.10 Å². The monoisotopic (exact) mass is 387 g/mol. The van der Waals surface area contributed by atoms with Crippen molar-refractivity contribution in [1.82, 2.24) is 24.7 Å². The third-order valence-electron chi connectivity index (χ3n) is 4.45. The van der Waals surface area contributed by atoms with Gasteiger partial charge in [0.15, 0.2) is 5.82 Å². The van der Waals surface area contributed by atoms with Gasteiger partial charge in [-0.25, -0.2) is 10.1 Å². The fraction of sp³-hybridized carbons (Fsp3) is 0.600. The van der Waals surface area contributed by atoms with Crippen LogP contribution in [-0.4, -0.2) is 55.0 Å². The summed E-state index contributed by atoms with van der Waals surface area (Å²) < 4.78 is 41.4. The van der Waals surface area contributed by atoms with E-state index in [1.807, 2.05) is 4.90 Å². The number of aromatic nitrogens is 5. The van der Waals surface area contributed by atoms with Crippen LogP contribution in [0.5, 0.6) is 0 Å². The number of rotatable bonds is 5. The number of carbonyl (C=O) groups excluding carboxylic acids is 1. The zero-order valence-electron chi connectivity index (χ0n) is 14.6. The molecule has 1 unspecified atom stereocenters. The Labute approximate surface area is 152 Å². The molecule has 3 N–H and O–H groups in total. The lowest BCUT2D eigenvalue weighted by atomic mass is 9.97. The molecule has 1 aliphatic rings. The molecular weight excluding hydrogens is 367 g/mol. The summed E-state index contributed by atoms with van der Waals surface area (Å²) in [5.41, 5.74) is -3.43. The van der Waals surface area contributed by atoms with Crippen LogP contribution in [-0.2, 0) is 17.4 Å². The van der Waals surface area contributed by atoms with Gasteiger partial charge in [0.25, 0.3) is 0 Å². The molecule has 3 rings (SSSR count). The van der Waals surface area contributed by atoms with Crippen LogP contribution in [0.25, 0.3) is 0 Å². The van der Waals surface area contributed by atoms with Crippen molar-refractivity contribution in [3.05, 3.63) is 18.2 Å². The highest BCUT2D eigenvalue weighted by Crippen LogP contribution is 2.40. The van der Waals surface area contributed by atoms with E-state index in [1.54, 1.807) is 0 Å². The molecule has 9 nitrogen and oxygen atoms in total. The summed E-state index contributed by atoms with van der Waals surface area (Å²) in [5.74, 6) is -1.44. The Kier molecular flexibility index (Phi) is 5.09. The molecule has 1 aliphatic heterocycles. The van der Waals surface area contributed by atoms with E-state index in [-0.39, 0.29) is 5.95 Å². The van der Waals surface area contributed by atoms with Crippen molar-refractivity contribution < 1.29 is 23.1 Å². The number of anilines is 2. The standard InChI is InChI=1S/C15H20F3N7O2/c1-24-8-5-19-11(24)14(27,15(16,17)18)9-10(26)20-12-21-13(23-22-12)25-6-3-2-4-7-25/h5,8,27H,2-4,6-7,9H2,1H3,(H2,20,21,22,23,26). The minimum atomic E-state index is -5.09. The Hall–Kier alpha value is -2.63. The van der Waals surface area contributed by atoms with Gasteiger partial charge in [-0.2, -0.15) is 18.2 Å². The average molecular weight is 387 g/mol. The maximum Gasteiger partial charge on any atom is 0.425 e. The van der Waals surface area contributed by atoms with E-state index in [0.29, 0.717) is 5.95 Å². The molecule has 12 heteroatoms. The first-order valence-electron chi connectivity index (χ1n) is 8.45. The van der Waals surface area contributed by atoms with Crippen molar-refractivity contribution in [2.45, 2.75) is 37.5 Å².